The molecule has 3 rings (SSSR count). The number of benzene rings is 2. The molecular weight excluding hydrogens is 354 g/mol. The predicted molar refractivity (Wildman–Crippen MR) is 115 cm³/mol. The van der Waals surface area contributed by atoms with E-state index in [4.69, 9.17) is 4.74 Å². The van der Waals surface area contributed by atoms with E-state index in [0.717, 1.165) is 37.8 Å². The van der Waals surface area contributed by atoms with E-state index < -0.39 is 0 Å². The zero-order valence-electron chi connectivity index (χ0n) is 16.2. The van der Waals surface area contributed by atoms with Gasteiger partial charge in [-0.05, 0) is 31.0 Å². The molecule has 0 spiro atoms. The molecule has 0 amide bonds. The van der Waals surface area contributed by atoms with Crippen molar-refractivity contribution in [3.63, 3.8) is 0 Å². The van der Waals surface area contributed by atoms with Crippen molar-refractivity contribution in [2.75, 3.05) is 32.5 Å². The van der Waals surface area contributed by atoms with Gasteiger partial charge in [-0.3, -0.25) is 4.99 Å². The highest BCUT2D eigenvalue weighted by Gasteiger charge is 2.29. The third-order valence-electron chi connectivity index (χ3n) is 4.78. The van der Waals surface area contributed by atoms with Gasteiger partial charge in [-0.25, -0.2) is 0 Å². The van der Waals surface area contributed by atoms with Gasteiger partial charge in [-0.2, -0.15) is 0 Å². The molecule has 1 aliphatic rings. The SMILES string of the molecule is CN=C(NCCSc1ccc(C)cc1)NCC1CCOC1c1ccccc1. The van der Waals surface area contributed by atoms with Crippen molar-refractivity contribution in [3.8, 4) is 0 Å². The fraction of sp³-hybridized carbons (Fsp3) is 0.409. The van der Waals surface area contributed by atoms with Gasteiger partial charge in [0.1, 0.15) is 0 Å². The molecule has 2 unspecified atom stereocenters. The second kappa shape index (κ2) is 10.4. The largest absolute Gasteiger partial charge is 0.373 e. The van der Waals surface area contributed by atoms with Crippen LogP contribution < -0.4 is 10.6 Å². The topological polar surface area (TPSA) is 45.7 Å². The van der Waals surface area contributed by atoms with Gasteiger partial charge in [0, 0.05) is 43.3 Å². The van der Waals surface area contributed by atoms with Crippen molar-refractivity contribution in [2.24, 2.45) is 10.9 Å². The van der Waals surface area contributed by atoms with Crippen LogP contribution in [0.25, 0.3) is 0 Å². The second-order valence-corrected chi connectivity index (χ2v) is 7.96. The van der Waals surface area contributed by atoms with Crippen LogP contribution in [0.5, 0.6) is 0 Å². The number of nitrogens with zero attached hydrogens (tertiary/aromatic N) is 1. The molecule has 0 aliphatic carbocycles. The fourth-order valence-electron chi connectivity index (χ4n) is 3.28. The van der Waals surface area contributed by atoms with E-state index in [0.29, 0.717) is 5.92 Å². The van der Waals surface area contributed by atoms with Crippen molar-refractivity contribution in [1.82, 2.24) is 10.6 Å². The molecule has 1 fully saturated rings. The molecule has 4 nitrogen and oxygen atoms in total. The van der Waals surface area contributed by atoms with E-state index in [1.165, 1.54) is 16.0 Å². The minimum atomic E-state index is 0.175. The molecule has 144 valence electrons. The highest BCUT2D eigenvalue weighted by Crippen LogP contribution is 2.33. The van der Waals surface area contributed by atoms with Gasteiger partial charge in [-0.1, -0.05) is 48.0 Å². The highest BCUT2D eigenvalue weighted by atomic mass is 32.2. The summed E-state index contributed by atoms with van der Waals surface area (Å²) in [5.74, 6) is 2.33. The summed E-state index contributed by atoms with van der Waals surface area (Å²) in [4.78, 5) is 5.65. The Bertz CT molecular complexity index is 718. The van der Waals surface area contributed by atoms with Crippen LogP contribution in [0.4, 0.5) is 0 Å². The summed E-state index contributed by atoms with van der Waals surface area (Å²) < 4.78 is 5.97. The van der Waals surface area contributed by atoms with E-state index in [1.54, 1.807) is 0 Å². The van der Waals surface area contributed by atoms with Gasteiger partial charge >= 0.3 is 0 Å². The lowest BCUT2D eigenvalue weighted by Gasteiger charge is -2.20. The quantitative estimate of drug-likeness (QED) is 0.328. The Morgan fingerprint density at radius 3 is 2.63 bits per heavy atom. The number of rotatable bonds is 7. The third kappa shape index (κ3) is 6.01. The molecule has 0 radical (unpaired) electrons. The minimum absolute atomic E-state index is 0.175. The Balaban J connectivity index is 1.40. The molecular formula is C22H29N3OS. The lowest BCUT2D eigenvalue weighted by Crippen LogP contribution is -2.41. The molecule has 0 bridgehead atoms. The molecule has 27 heavy (non-hydrogen) atoms. The first-order valence-electron chi connectivity index (χ1n) is 9.57. The average Bonchev–Trinajstić information content (AvgIpc) is 3.18. The Morgan fingerprint density at radius 1 is 1.11 bits per heavy atom. The summed E-state index contributed by atoms with van der Waals surface area (Å²) in [7, 11) is 1.82. The van der Waals surface area contributed by atoms with Gasteiger partial charge in [0.05, 0.1) is 6.10 Å². The van der Waals surface area contributed by atoms with Crippen molar-refractivity contribution >= 4 is 17.7 Å². The summed E-state index contributed by atoms with van der Waals surface area (Å²) in [5.41, 5.74) is 2.56. The maximum Gasteiger partial charge on any atom is 0.191 e. The number of hydrogen-bond donors (Lipinski definition) is 2. The van der Waals surface area contributed by atoms with Gasteiger partial charge in [-0.15, -0.1) is 11.8 Å². The lowest BCUT2D eigenvalue weighted by atomic mass is 9.95. The number of hydrogen-bond acceptors (Lipinski definition) is 3. The Morgan fingerprint density at radius 2 is 1.89 bits per heavy atom. The maximum atomic E-state index is 5.97. The molecule has 1 saturated heterocycles. The molecule has 5 heteroatoms. The first-order valence-corrected chi connectivity index (χ1v) is 10.6. The smallest absolute Gasteiger partial charge is 0.191 e. The van der Waals surface area contributed by atoms with E-state index in [2.05, 4.69) is 71.1 Å². The van der Waals surface area contributed by atoms with Crippen LogP contribution >= 0.6 is 11.8 Å². The second-order valence-electron chi connectivity index (χ2n) is 6.79. The van der Waals surface area contributed by atoms with Crippen LogP contribution in [0, 0.1) is 12.8 Å². The molecule has 2 atom stereocenters. The molecule has 2 aromatic carbocycles. The zero-order valence-corrected chi connectivity index (χ0v) is 17.0. The van der Waals surface area contributed by atoms with Crippen molar-refractivity contribution in [1.29, 1.82) is 0 Å². The van der Waals surface area contributed by atoms with E-state index in [1.807, 2.05) is 24.9 Å². The van der Waals surface area contributed by atoms with Crippen molar-refractivity contribution < 1.29 is 4.74 Å². The maximum absolute atomic E-state index is 5.97. The van der Waals surface area contributed by atoms with Crippen molar-refractivity contribution in [2.45, 2.75) is 24.3 Å². The summed E-state index contributed by atoms with van der Waals surface area (Å²) in [6.45, 7) is 4.68. The van der Waals surface area contributed by atoms with Crippen LogP contribution in [-0.4, -0.2) is 38.5 Å². The molecule has 0 saturated carbocycles. The van der Waals surface area contributed by atoms with Crippen molar-refractivity contribution in [3.05, 3.63) is 65.7 Å². The van der Waals surface area contributed by atoms with Crippen LogP contribution in [0.1, 0.15) is 23.7 Å². The number of thioether (sulfide) groups is 1. The lowest BCUT2D eigenvalue weighted by molar-refractivity contribution is 0.0915. The normalized spacial score (nSPS) is 19.9. The molecule has 1 aliphatic heterocycles. The zero-order chi connectivity index (χ0) is 18.9. The summed E-state index contributed by atoms with van der Waals surface area (Å²) in [6.07, 6.45) is 1.25. The van der Waals surface area contributed by atoms with Crippen LogP contribution in [0.2, 0.25) is 0 Å². The first-order chi connectivity index (χ1) is 13.3. The van der Waals surface area contributed by atoms with Gasteiger partial charge in [0.25, 0.3) is 0 Å². The average molecular weight is 384 g/mol. The minimum Gasteiger partial charge on any atom is -0.373 e. The number of ether oxygens (including phenoxy) is 1. The fourth-order valence-corrected chi connectivity index (χ4v) is 4.04. The van der Waals surface area contributed by atoms with Crippen LogP contribution in [0.15, 0.2) is 64.5 Å². The summed E-state index contributed by atoms with van der Waals surface area (Å²) in [6, 6.07) is 19.2. The number of nitrogens with one attached hydrogen (secondary N) is 2. The Labute approximate surface area is 166 Å². The van der Waals surface area contributed by atoms with Gasteiger partial charge < -0.3 is 15.4 Å². The Kier molecular flexibility index (Phi) is 7.60. The highest BCUT2D eigenvalue weighted by molar-refractivity contribution is 7.99. The predicted octanol–water partition coefficient (Wildman–Crippen LogP) is 4.03. The standard InChI is InChI=1S/C22H29N3OS/c1-17-8-10-20(11-9-17)27-15-13-24-22(23-2)25-16-19-12-14-26-21(19)18-6-4-3-5-7-18/h3-11,19,21H,12-16H2,1-2H3,(H2,23,24,25). The number of aliphatic imine (C=N–C) groups is 1. The first kappa shape index (κ1) is 19.8. The molecule has 1 heterocycles. The molecule has 2 N–H and O–H groups in total. The monoisotopic (exact) mass is 383 g/mol. The van der Waals surface area contributed by atoms with E-state index >= 15 is 0 Å². The number of guanidine groups is 1. The van der Waals surface area contributed by atoms with E-state index in [-0.39, 0.29) is 6.10 Å². The molecule has 2 aromatic rings. The Hall–Kier alpha value is -1.98. The summed E-state index contributed by atoms with van der Waals surface area (Å²) >= 11 is 1.86. The van der Waals surface area contributed by atoms with Crippen LogP contribution in [0.3, 0.4) is 0 Å². The number of aryl methyl sites for hydroxylation is 1. The molecule has 0 aromatic heterocycles. The third-order valence-corrected chi connectivity index (χ3v) is 5.80. The van der Waals surface area contributed by atoms with E-state index in [9.17, 15) is 0 Å². The summed E-state index contributed by atoms with van der Waals surface area (Å²) in [5, 5.41) is 6.87. The van der Waals surface area contributed by atoms with Gasteiger partial charge in [0.15, 0.2) is 5.96 Å². The van der Waals surface area contributed by atoms with Gasteiger partial charge in [0.2, 0.25) is 0 Å². The van der Waals surface area contributed by atoms with Crippen LogP contribution in [-0.2, 0) is 4.74 Å².